The van der Waals surface area contributed by atoms with E-state index in [1.165, 1.54) is 0 Å². The minimum atomic E-state index is -1.22. The van der Waals surface area contributed by atoms with Gasteiger partial charge in [0.15, 0.2) is 0 Å². The smallest absolute Gasteiger partial charge is 0.407 e. The van der Waals surface area contributed by atoms with Gasteiger partial charge in [-0.05, 0) is 59.3 Å². The second kappa shape index (κ2) is 8.53. The summed E-state index contributed by atoms with van der Waals surface area (Å²) in [7, 11) is 0. The van der Waals surface area contributed by atoms with Gasteiger partial charge in [-0.15, -0.1) is 0 Å². The Morgan fingerprint density at radius 3 is 2.18 bits per heavy atom. The van der Waals surface area contributed by atoms with Crippen molar-refractivity contribution >= 4 is 18.0 Å². The van der Waals surface area contributed by atoms with Crippen LogP contribution in [-0.2, 0) is 14.3 Å². The van der Waals surface area contributed by atoms with Crippen LogP contribution >= 0.6 is 0 Å². The Hall–Kier alpha value is -3.79. The second-order valence-corrected chi connectivity index (χ2v) is 9.53. The number of rotatable bonds is 5. The number of hydrogen-bond donors (Lipinski definition) is 3. The van der Waals surface area contributed by atoms with Crippen LogP contribution in [0.15, 0.2) is 48.5 Å². The standard InChI is InChI=1S/C27H26N2O5/c30-23(29-27(24(31)32)16-26(17-27)12-6-13-26)11-5-14-28-25(33)34-15-22-20-9-3-1-7-18(20)19-8-2-4-10-21(19)22/h1-4,7-10,22H,6,12-17H2,(H,28,33)(H,29,30)(H,31,32). The molecule has 3 aliphatic rings. The van der Waals surface area contributed by atoms with Crippen molar-refractivity contribution in [2.75, 3.05) is 13.2 Å². The number of ether oxygens (including phenoxy) is 1. The Bertz CT molecular complexity index is 1170. The van der Waals surface area contributed by atoms with Gasteiger partial charge in [0.1, 0.15) is 12.1 Å². The highest BCUT2D eigenvalue weighted by molar-refractivity contribution is 5.98. The first kappa shape index (κ1) is 22.0. The van der Waals surface area contributed by atoms with Gasteiger partial charge >= 0.3 is 12.1 Å². The summed E-state index contributed by atoms with van der Waals surface area (Å²) in [6.07, 6.45) is 3.46. The third-order valence-electron chi connectivity index (χ3n) is 7.40. The SMILES string of the molecule is O=C(C#CCNC(=O)OCC1c2ccccc2-c2ccccc21)NC1(C(=O)O)CC2(CCC2)C1. The molecule has 0 heterocycles. The number of carboxylic acid groups (broad SMARTS) is 1. The van der Waals surface area contributed by atoms with Gasteiger partial charge in [0.25, 0.3) is 5.91 Å². The lowest BCUT2D eigenvalue weighted by Gasteiger charge is -2.58. The molecule has 7 heteroatoms. The summed E-state index contributed by atoms with van der Waals surface area (Å²) >= 11 is 0. The summed E-state index contributed by atoms with van der Waals surface area (Å²) in [5.41, 5.74) is 3.42. The summed E-state index contributed by atoms with van der Waals surface area (Å²) < 4.78 is 5.43. The summed E-state index contributed by atoms with van der Waals surface area (Å²) in [6, 6.07) is 16.2. The quantitative estimate of drug-likeness (QED) is 0.596. The van der Waals surface area contributed by atoms with E-state index in [1.54, 1.807) is 0 Å². The molecule has 0 bridgehead atoms. The Balaban J connectivity index is 1.11. The molecule has 0 atom stereocenters. The first-order valence-electron chi connectivity index (χ1n) is 11.5. The molecule has 0 saturated heterocycles. The van der Waals surface area contributed by atoms with Crippen LogP contribution in [0.5, 0.6) is 0 Å². The van der Waals surface area contributed by atoms with E-state index < -0.39 is 23.5 Å². The number of aliphatic carboxylic acids is 1. The normalized spacial score (nSPS) is 18.2. The molecular formula is C27H26N2O5. The number of alkyl carbamates (subject to hydrolysis) is 1. The molecule has 0 unspecified atom stereocenters. The summed E-state index contributed by atoms with van der Waals surface area (Å²) in [4.78, 5) is 36.0. The summed E-state index contributed by atoms with van der Waals surface area (Å²) in [5.74, 6) is 3.23. The third-order valence-corrected chi connectivity index (χ3v) is 7.40. The average Bonchev–Trinajstić information content (AvgIpc) is 3.10. The molecule has 2 amide bonds. The zero-order valence-electron chi connectivity index (χ0n) is 18.7. The molecule has 2 aromatic carbocycles. The molecule has 2 saturated carbocycles. The van der Waals surface area contributed by atoms with E-state index >= 15 is 0 Å². The van der Waals surface area contributed by atoms with E-state index in [1.807, 2.05) is 36.4 Å². The van der Waals surface area contributed by atoms with Crippen molar-refractivity contribution in [1.82, 2.24) is 10.6 Å². The van der Waals surface area contributed by atoms with Crippen LogP contribution in [0.3, 0.4) is 0 Å². The predicted molar refractivity (Wildman–Crippen MR) is 125 cm³/mol. The van der Waals surface area contributed by atoms with E-state index in [0.29, 0.717) is 12.8 Å². The number of amides is 2. The second-order valence-electron chi connectivity index (χ2n) is 9.53. The number of fused-ring (bicyclic) bond motifs is 3. The van der Waals surface area contributed by atoms with Crippen LogP contribution in [0, 0.1) is 17.3 Å². The monoisotopic (exact) mass is 458 g/mol. The van der Waals surface area contributed by atoms with Crippen LogP contribution in [-0.4, -0.2) is 41.8 Å². The van der Waals surface area contributed by atoms with Crippen molar-refractivity contribution in [3.8, 4) is 23.0 Å². The molecule has 1 spiro atoms. The summed E-state index contributed by atoms with van der Waals surface area (Å²) in [6.45, 7) is 0.116. The largest absolute Gasteiger partial charge is 0.480 e. The van der Waals surface area contributed by atoms with Crippen molar-refractivity contribution in [3.63, 3.8) is 0 Å². The van der Waals surface area contributed by atoms with Crippen LogP contribution in [0.4, 0.5) is 4.79 Å². The maximum atomic E-state index is 12.2. The molecule has 3 N–H and O–H groups in total. The van der Waals surface area contributed by atoms with Crippen LogP contribution < -0.4 is 10.6 Å². The highest BCUT2D eigenvalue weighted by Gasteiger charge is 2.61. The molecule has 174 valence electrons. The van der Waals surface area contributed by atoms with Crippen molar-refractivity contribution < 1.29 is 24.2 Å². The van der Waals surface area contributed by atoms with Crippen LogP contribution in [0.1, 0.15) is 49.1 Å². The van der Waals surface area contributed by atoms with Crippen molar-refractivity contribution in [2.24, 2.45) is 5.41 Å². The number of benzene rings is 2. The molecule has 2 fully saturated rings. The Morgan fingerprint density at radius 2 is 1.62 bits per heavy atom. The number of carbonyl (C=O) groups is 3. The van der Waals surface area contributed by atoms with Gasteiger partial charge in [0, 0.05) is 5.92 Å². The number of nitrogens with one attached hydrogen (secondary N) is 2. The van der Waals surface area contributed by atoms with Gasteiger partial charge in [-0.25, -0.2) is 9.59 Å². The first-order valence-corrected chi connectivity index (χ1v) is 11.5. The molecule has 2 aromatic rings. The maximum Gasteiger partial charge on any atom is 0.407 e. The molecule has 0 radical (unpaired) electrons. The molecule has 34 heavy (non-hydrogen) atoms. The average molecular weight is 459 g/mol. The minimum absolute atomic E-state index is 0.0383. The molecule has 0 aliphatic heterocycles. The highest BCUT2D eigenvalue weighted by atomic mass is 16.5. The zero-order valence-corrected chi connectivity index (χ0v) is 18.7. The zero-order chi connectivity index (χ0) is 23.8. The van der Waals surface area contributed by atoms with Crippen molar-refractivity contribution in [1.29, 1.82) is 0 Å². The minimum Gasteiger partial charge on any atom is -0.480 e. The summed E-state index contributed by atoms with van der Waals surface area (Å²) in [5, 5.41) is 14.7. The fraction of sp³-hybridized carbons (Fsp3) is 0.370. The fourth-order valence-corrected chi connectivity index (χ4v) is 5.69. The van der Waals surface area contributed by atoms with E-state index in [4.69, 9.17) is 4.74 Å². The van der Waals surface area contributed by atoms with Crippen molar-refractivity contribution in [3.05, 3.63) is 59.7 Å². The Labute approximate surface area is 197 Å². The van der Waals surface area contributed by atoms with Crippen LogP contribution in [0.25, 0.3) is 11.1 Å². The molecule has 7 nitrogen and oxygen atoms in total. The van der Waals surface area contributed by atoms with Gasteiger partial charge in [0.05, 0.1) is 6.54 Å². The number of hydrogen-bond acceptors (Lipinski definition) is 4. The molecule has 0 aromatic heterocycles. The lowest BCUT2D eigenvalue weighted by atomic mass is 9.48. The van der Waals surface area contributed by atoms with E-state index in [0.717, 1.165) is 41.5 Å². The molecule has 3 aliphatic carbocycles. The predicted octanol–water partition coefficient (Wildman–Crippen LogP) is 3.43. The topological polar surface area (TPSA) is 105 Å². The molecule has 5 rings (SSSR count). The number of carboxylic acids is 1. The van der Waals surface area contributed by atoms with Gasteiger partial charge in [-0.2, -0.15) is 0 Å². The van der Waals surface area contributed by atoms with Gasteiger partial charge < -0.3 is 20.5 Å². The molecular weight excluding hydrogens is 432 g/mol. The third kappa shape index (κ3) is 3.90. The lowest BCUT2D eigenvalue weighted by Crippen LogP contribution is -2.67. The number of carbonyl (C=O) groups excluding carboxylic acids is 2. The van der Waals surface area contributed by atoms with E-state index in [9.17, 15) is 19.5 Å². The van der Waals surface area contributed by atoms with Gasteiger partial charge in [-0.1, -0.05) is 60.9 Å². The lowest BCUT2D eigenvalue weighted by molar-refractivity contribution is -0.164. The van der Waals surface area contributed by atoms with Gasteiger partial charge in [-0.3, -0.25) is 4.79 Å². The van der Waals surface area contributed by atoms with Gasteiger partial charge in [0.2, 0.25) is 0 Å². The van der Waals surface area contributed by atoms with Crippen LogP contribution in [0.2, 0.25) is 0 Å². The Kier molecular flexibility index (Phi) is 5.52. The Morgan fingerprint density at radius 1 is 1.00 bits per heavy atom. The van der Waals surface area contributed by atoms with Crippen molar-refractivity contribution in [2.45, 2.75) is 43.6 Å². The fourth-order valence-electron chi connectivity index (χ4n) is 5.69. The first-order chi connectivity index (χ1) is 16.4. The highest BCUT2D eigenvalue weighted by Crippen LogP contribution is 2.60. The van der Waals surface area contributed by atoms with E-state index in [-0.39, 0.29) is 24.5 Å². The van der Waals surface area contributed by atoms with E-state index in [2.05, 4.69) is 34.6 Å². The maximum absolute atomic E-state index is 12.2.